The summed E-state index contributed by atoms with van der Waals surface area (Å²) in [6.45, 7) is 5.15. The number of carbonyl (C=O) groups is 1. The zero-order valence-electron chi connectivity index (χ0n) is 16.3. The molecule has 0 bridgehead atoms. The van der Waals surface area contributed by atoms with Gasteiger partial charge in [0.15, 0.2) is 0 Å². The van der Waals surface area contributed by atoms with Gasteiger partial charge in [-0.2, -0.15) is 13.2 Å². The third kappa shape index (κ3) is 5.01. The number of alkyl halides is 3. The molecule has 2 heterocycles. The number of para-hydroxylation sites is 1. The van der Waals surface area contributed by atoms with Crippen LogP contribution in [0.25, 0.3) is 0 Å². The van der Waals surface area contributed by atoms with Gasteiger partial charge in [0.2, 0.25) is 5.91 Å². The predicted octanol–water partition coefficient (Wildman–Crippen LogP) is 5.73. The first-order chi connectivity index (χ1) is 13.7. The number of nitrogens with zero attached hydrogens (tertiary/aromatic N) is 2. The molecule has 0 unspecified atom stereocenters. The van der Waals surface area contributed by atoms with Gasteiger partial charge in [-0.3, -0.25) is 4.79 Å². The van der Waals surface area contributed by atoms with Crippen LogP contribution in [0.1, 0.15) is 43.7 Å². The fourth-order valence-electron chi connectivity index (χ4n) is 3.52. The number of aromatic nitrogens is 1. The van der Waals surface area contributed by atoms with E-state index < -0.39 is 11.7 Å². The second-order valence-corrected chi connectivity index (χ2v) is 7.93. The molecule has 1 aromatic heterocycles. The molecule has 29 heavy (non-hydrogen) atoms. The fourth-order valence-corrected chi connectivity index (χ4v) is 3.81. The Morgan fingerprint density at radius 1 is 1.24 bits per heavy atom. The molecule has 1 aliphatic rings. The van der Waals surface area contributed by atoms with E-state index in [1.54, 1.807) is 0 Å². The highest BCUT2D eigenvalue weighted by atomic mass is 35.5. The lowest BCUT2D eigenvalue weighted by molar-refractivity contribution is -0.137. The number of piperidine rings is 1. The predicted molar refractivity (Wildman–Crippen MR) is 108 cm³/mol. The first-order valence-electron chi connectivity index (χ1n) is 9.54. The van der Waals surface area contributed by atoms with Gasteiger partial charge in [0, 0.05) is 30.9 Å². The molecule has 1 saturated heterocycles. The molecule has 1 amide bonds. The van der Waals surface area contributed by atoms with Crippen LogP contribution in [-0.4, -0.2) is 24.0 Å². The van der Waals surface area contributed by atoms with Crippen molar-refractivity contribution < 1.29 is 18.0 Å². The number of hydrogen-bond acceptors (Lipinski definition) is 3. The SMILES string of the molecule is CC(C)c1ccccc1NC(=O)C1CCN(c2ncc(C(F)(F)F)cc2Cl)CC1. The molecule has 0 aliphatic carbocycles. The van der Waals surface area contributed by atoms with Crippen LogP contribution in [0.4, 0.5) is 24.7 Å². The van der Waals surface area contributed by atoms with Crippen molar-refractivity contribution in [1.82, 2.24) is 4.98 Å². The maximum absolute atomic E-state index is 12.8. The van der Waals surface area contributed by atoms with Crippen molar-refractivity contribution in [2.24, 2.45) is 5.92 Å². The number of nitrogens with one attached hydrogen (secondary N) is 1. The molecule has 156 valence electrons. The van der Waals surface area contributed by atoms with Crippen molar-refractivity contribution in [2.45, 2.75) is 38.8 Å². The highest BCUT2D eigenvalue weighted by Crippen LogP contribution is 2.35. The number of hydrogen-bond donors (Lipinski definition) is 1. The van der Waals surface area contributed by atoms with E-state index in [0.29, 0.717) is 37.7 Å². The Morgan fingerprint density at radius 3 is 2.48 bits per heavy atom. The number of amides is 1. The number of benzene rings is 1. The van der Waals surface area contributed by atoms with Gasteiger partial charge in [-0.1, -0.05) is 43.6 Å². The Morgan fingerprint density at radius 2 is 1.90 bits per heavy atom. The van der Waals surface area contributed by atoms with E-state index in [1.165, 1.54) is 0 Å². The average Bonchev–Trinajstić information content (AvgIpc) is 2.67. The number of pyridine rings is 1. The van der Waals surface area contributed by atoms with Crippen LogP contribution < -0.4 is 10.2 Å². The van der Waals surface area contributed by atoms with Gasteiger partial charge >= 0.3 is 6.18 Å². The van der Waals surface area contributed by atoms with Crippen LogP contribution in [0.15, 0.2) is 36.5 Å². The summed E-state index contributed by atoms with van der Waals surface area (Å²) in [5.74, 6) is 0.411. The van der Waals surface area contributed by atoms with Gasteiger partial charge in [-0.05, 0) is 36.5 Å². The molecule has 1 fully saturated rings. The van der Waals surface area contributed by atoms with Crippen LogP contribution in [0.3, 0.4) is 0 Å². The van der Waals surface area contributed by atoms with E-state index in [4.69, 9.17) is 11.6 Å². The molecule has 0 atom stereocenters. The zero-order valence-corrected chi connectivity index (χ0v) is 17.0. The third-order valence-corrected chi connectivity index (χ3v) is 5.43. The highest BCUT2D eigenvalue weighted by molar-refractivity contribution is 6.33. The molecule has 1 aromatic carbocycles. The van der Waals surface area contributed by atoms with Crippen LogP contribution in [0, 0.1) is 5.92 Å². The van der Waals surface area contributed by atoms with Gasteiger partial charge < -0.3 is 10.2 Å². The number of halogens is 4. The average molecular weight is 426 g/mol. The molecule has 0 spiro atoms. The van der Waals surface area contributed by atoms with Crippen molar-refractivity contribution >= 4 is 29.0 Å². The van der Waals surface area contributed by atoms with Crippen LogP contribution >= 0.6 is 11.6 Å². The summed E-state index contributed by atoms with van der Waals surface area (Å²) in [6, 6.07) is 8.63. The largest absolute Gasteiger partial charge is 0.417 e. The summed E-state index contributed by atoms with van der Waals surface area (Å²) in [6.07, 6.45) is -2.53. The number of carbonyl (C=O) groups excluding carboxylic acids is 1. The summed E-state index contributed by atoms with van der Waals surface area (Å²) < 4.78 is 38.3. The maximum atomic E-state index is 12.8. The Bertz CT molecular complexity index is 878. The van der Waals surface area contributed by atoms with Gasteiger partial charge in [0.25, 0.3) is 0 Å². The van der Waals surface area contributed by atoms with E-state index in [-0.39, 0.29) is 16.8 Å². The van der Waals surface area contributed by atoms with E-state index in [2.05, 4.69) is 24.1 Å². The Hall–Kier alpha value is -2.28. The minimum Gasteiger partial charge on any atom is -0.355 e. The molecule has 0 saturated carbocycles. The van der Waals surface area contributed by atoms with Gasteiger partial charge in [-0.25, -0.2) is 4.98 Å². The first-order valence-corrected chi connectivity index (χ1v) is 9.92. The lowest BCUT2D eigenvalue weighted by atomic mass is 9.95. The van der Waals surface area contributed by atoms with Crippen molar-refractivity contribution in [3.63, 3.8) is 0 Å². The Labute approximate surface area is 173 Å². The fraction of sp³-hybridized carbons (Fsp3) is 0.429. The van der Waals surface area contributed by atoms with Gasteiger partial charge in [0.1, 0.15) is 5.82 Å². The topological polar surface area (TPSA) is 45.2 Å². The Kier molecular flexibility index (Phi) is 6.36. The standard InChI is InChI=1S/C21H23ClF3N3O/c1-13(2)16-5-3-4-6-18(16)27-20(29)14-7-9-28(10-8-14)19-17(22)11-15(12-26-19)21(23,24)25/h3-6,11-14H,7-10H2,1-2H3,(H,27,29). The van der Waals surface area contributed by atoms with Crippen molar-refractivity contribution in [2.75, 3.05) is 23.3 Å². The van der Waals surface area contributed by atoms with Crippen molar-refractivity contribution in [3.05, 3.63) is 52.7 Å². The molecule has 1 N–H and O–H groups in total. The van der Waals surface area contributed by atoms with Crippen LogP contribution in [0.5, 0.6) is 0 Å². The van der Waals surface area contributed by atoms with Crippen molar-refractivity contribution in [1.29, 1.82) is 0 Å². The quantitative estimate of drug-likeness (QED) is 0.680. The van der Waals surface area contributed by atoms with E-state index in [9.17, 15) is 18.0 Å². The molecular weight excluding hydrogens is 403 g/mol. The summed E-state index contributed by atoms with van der Waals surface area (Å²) in [5, 5.41) is 2.99. The monoisotopic (exact) mass is 425 g/mol. The highest BCUT2D eigenvalue weighted by Gasteiger charge is 2.33. The van der Waals surface area contributed by atoms with Crippen LogP contribution in [0.2, 0.25) is 5.02 Å². The first kappa shape index (κ1) is 21.4. The molecule has 0 radical (unpaired) electrons. The second-order valence-electron chi connectivity index (χ2n) is 7.52. The maximum Gasteiger partial charge on any atom is 0.417 e. The van der Waals surface area contributed by atoms with Crippen molar-refractivity contribution in [3.8, 4) is 0 Å². The summed E-state index contributed by atoms with van der Waals surface area (Å²) in [7, 11) is 0. The lowest BCUT2D eigenvalue weighted by Gasteiger charge is -2.33. The number of anilines is 2. The summed E-state index contributed by atoms with van der Waals surface area (Å²) >= 11 is 6.04. The minimum absolute atomic E-state index is 0.0337. The van der Waals surface area contributed by atoms with E-state index in [0.717, 1.165) is 23.5 Å². The molecular formula is C21H23ClF3N3O. The third-order valence-electron chi connectivity index (χ3n) is 5.16. The molecule has 8 heteroatoms. The lowest BCUT2D eigenvalue weighted by Crippen LogP contribution is -2.38. The minimum atomic E-state index is -4.48. The summed E-state index contributed by atoms with van der Waals surface area (Å²) in [4.78, 5) is 18.4. The number of rotatable bonds is 4. The Balaban J connectivity index is 1.63. The molecule has 2 aromatic rings. The molecule has 1 aliphatic heterocycles. The van der Waals surface area contributed by atoms with E-state index in [1.807, 2.05) is 29.2 Å². The molecule has 3 rings (SSSR count). The second kappa shape index (κ2) is 8.61. The smallest absolute Gasteiger partial charge is 0.355 e. The van der Waals surface area contributed by atoms with Gasteiger partial charge in [0.05, 0.1) is 10.6 Å². The van der Waals surface area contributed by atoms with E-state index >= 15 is 0 Å². The molecule has 4 nitrogen and oxygen atoms in total. The van der Waals surface area contributed by atoms with Crippen LogP contribution in [-0.2, 0) is 11.0 Å². The zero-order chi connectivity index (χ0) is 21.2. The van der Waals surface area contributed by atoms with Gasteiger partial charge in [-0.15, -0.1) is 0 Å². The normalized spacial score (nSPS) is 15.6. The summed E-state index contributed by atoms with van der Waals surface area (Å²) in [5.41, 5.74) is 1.03.